The summed E-state index contributed by atoms with van der Waals surface area (Å²) in [5.41, 5.74) is 2.42. The van der Waals surface area contributed by atoms with Crippen LogP contribution < -0.4 is 5.32 Å². The van der Waals surface area contributed by atoms with Crippen molar-refractivity contribution >= 4 is 6.03 Å². The van der Waals surface area contributed by atoms with Crippen molar-refractivity contribution in [3.8, 4) is 0 Å². The molecule has 4 heterocycles. The lowest BCUT2D eigenvalue weighted by atomic mass is 10.1. The van der Waals surface area contributed by atoms with Crippen molar-refractivity contribution in [2.24, 2.45) is 0 Å². The van der Waals surface area contributed by atoms with Crippen LogP contribution in [-0.4, -0.2) is 61.6 Å². The van der Waals surface area contributed by atoms with Crippen molar-refractivity contribution < 1.29 is 4.79 Å². The zero-order valence-electron chi connectivity index (χ0n) is 15.3. The number of likely N-dealkylation sites (tertiary alicyclic amines) is 1. The molecule has 26 heavy (non-hydrogen) atoms. The molecule has 8 nitrogen and oxygen atoms in total. The number of aromatic nitrogens is 4. The molecular weight excluding hydrogens is 330 g/mol. The summed E-state index contributed by atoms with van der Waals surface area (Å²) in [5, 5.41) is 12.0. The number of nitrogens with one attached hydrogen (secondary N) is 1. The van der Waals surface area contributed by atoms with Crippen molar-refractivity contribution in [1.82, 2.24) is 34.7 Å². The van der Waals surface area contributed by atoms with Gasteiger partial charge in [0.2, 0.25) is 0 Å². The van der Waals surface area contributed by atoms with Crippen LogP contribution in [0.3, 0.4) is 0 Å². The summed E-state index contributed by atoms with van der Waals surface area (Å²) in [6.45, 7) is 7.93. The lowest BCUT2D eigenvalue weighted by Crippen LogP contribution is -2.45. The highest BCUT2D eigenvalue weighted by molar-refractivity contribution is 5.74. The van der Waals surface area contributed by atoms with Crippen molar-refractivity contribution in [3.63, 3.8) is 0 Å². The van der Waals surface area contributed by atoms with E-state index >= 15 is 0 Å². The van der Waals surface area contributed by atoms with Crippen LogP contribution in [0.5, 0.6) is 0 Å². The van der Waals surface area contributed by atoms with Gasteiger partial charge in [0, 0.05) is 63.8 Å². The number of hydrogen-bond acceptors (Lipinski definition) is 4. The quantitative estimate of drug-likeness (QED) is 0.879. The summed E-state index contributed by atoms with van der Waals surface area (Å²) in [7, 11) is 0. The van der Waals surface area contributed by atoms with E-state index in [1.807, 2.05) is 22.0 Å². The molecule has 0 bridgehead atoms. The Morgan fingerprint density at radius 1 is 1.31 bits per heavy atom. The third-order valence-corrected chi connectivity index (χ3v) is 5.25. The maximum Gasteiger partial charge on any atom is 0.317 e. The molecule has 1 atom stereocenters. The fraction of sp³-hybridized carbons (Fsp3) is 0.611. The van der Waals surface area contributed by atoms with E-state index < -0.39 is 0 Å². The highest BCUT2D eigenvalue weighted by atomic mass is 16.2. The van der Waals surface area contributed by atoms with Crippen molar-refractivity contribution in [3.05, 3.63) is 35.9 Å². The lowest BCUT2D eigenvalue weighted by Gasteiger charge is -2.34. The number of carbonyl (C=O) groups excluding carboxylic acids is 1. The van der Waals surface area contributed by atoms with E-state index in [2.05, 4.69) is 44.3 Å². The normalized spacial score (nSPS) is 20.3. The number of carbonyl (C=O) groups is 1. The number of hydrogen-bond donors (Lipinski definition) is 1. The first kappa shape index (κ1) is 17.1. The van der Waals surface area contributed by atoms with Gasteiger partial charge >= 0.3 is 6.03 Å². The molecule has 2 aromatic rings. The minimum absolute atomic E-state index is 0.0533. The standard InChI is InChI=1S/C18H27N7O/c1-2-24-12-15(9-21-24)11-22-13-16-5-6-20-25(16)17(14-22)10-19-18(26)23-7-3-4-8-23/h5-6,9,12,17H,2-4,7-8,10-11,13-14H2,1H3,(H,19,26)/t17-/m1/s1. The first-order chi connectivity index (χ1) is 12.7. The predicted octanol–water partition coefficient (Wildman–Crippen LogP) is 1.46. The Kier molecular flexibility index (Phi) is 4.92. The van der Waals surface area contributed by atoms with Gasteiger partial charge in [-0.1, -0.05) is 0 Å². The molecule has 0 unspecified atom stereocenters. The molecule has 2 amide bonds. The monoisotopic (exact) mass is 357 g/mol. The zero-order chi connectivity index (χ0) is 17.9. The van der Waals surface area contributed by atoms with Crippen molar-refractivity contribution in [2.45, 2.75) is 45.4 Å². The summed E-state index contributed by atoms with van der Waals surface area (Å²) >= 11 is 0. The maximum atomic E-state index is 12.3. The number of amides is 2. The molecule has 0 radical (unpaired) electrons. The third kappa shape index (κ3) is 3.60. The first-order valence-electron chi connectivity index (χ1n) is 9.52. The molecule has 1 N–H and O–H groups in total. The average Bonchev–Trinajstić information content (AvgIpc) is 3.39. The summed E-state index contributed by atoms with van der Waals surface area (Å²) in [6, 6.07) is 2.27. The number of urea groups is 1. The Hall–Kier alpha value is -2.35. The Balaban J connectivity index is 1.40. The zero-order valence-corrected chi connectivity index (χ0v) is 15.3. The van der Waals surface area contributed by atoms with Gasteiger partial charge in [-0.3, -0.25) is 14.3 Å². The van der Waals surface area contributed by atoms with Gasteiger partial charge in [0.15, 0.2) is 0 Å². The molecule has 2 aliphatic rings. The topological polar surface area (TPSA) is 71.2 Å². The number of aryl methyl sites for hydroxylation is 1. The van der Waals surface area contributed by atoms with Crippen molar-refractivity contribution in [1.29, 1.82) is 0 Å². The van der Waals surface area contributed by atoms with Crippen molar-refractivity contribution in [2.75, 3.05) is 26.2 Å². The largest absolute Gasteiger partial charge is 0.336 e. The molecule has 1 fully saturated rings. The summed E-state index contributed by atoms with van der Waals surface area (Å²) in [4.78, 5) is 16.6. The second kappa shape index (κ2) is 7.49. The highest BCUT2D eigenvalue weighted by Crippen LogP contribution is 2.21. The molecule has 2 aliphatic heterocycles. The first-order valence-corrected chi connectivity index (χ1v) is 9.52. The molecule has 0 aliphatic carbocycles. The Labute approximate surface area is 153 Å². The molecule has 1 saturated heterocycles. The third-order valence-electron chi connectivity index (χ3n) is 5.25. The van der Waals surface area contributed by atoms with Gasteiger partial charge in [0.25, 0.3) is 0 Å². The minimum atomic E-state index is 0.0533. The van der Waals surface area contributed by atoms with Crippen LogP contribution in [0.2, 0.25) is 0 Å². The molecular formula is C18H27N7O. The fourth-order valence-electron chi connectivity index (χ4n) is 3.89. The van der Waals surface area contributed by atoms with Crippen LogP contribution in [0.1, 0.15) is 37.1 Å². The van der Waals surface area contributed by atoms with Gasteiger partial charge < -0.3 is 10.2 Å². The van der Waals surface area contributed by atoms with Crippen LogP contribution in [0.15, 0.2) is 24.7 Å². The second-order valence-electron chi connectivity index (χ2n) is 7.18. The molecule has 0 aromatic carbocycles. The van der Waals surface area contributed by atoms with Crippen LogP contribution in [-0.2, 0) is 19.6 Å². The Morgan fingerprint density at radius 3 is 2.92 bits per heavy atom. The molecule has 140 valence electrons. The number of nitrogens with zero attached hydrogens (tertiary/aromatic N) is 6. The average molecular weight is 357 g/mol. The van der Waals surface area contributed by atoms with Gasteiger partial charge in [-0.05, 0) is 25.8 Å². The van der Waals surface area contributed by atoms with E-state index in [9.17, 15) is 4.79 Å². The summed E-state index contributed by atoms with van der Waals surface area (Å²) < 4.78 is 4.02. The van der Waals surface area contributed by atoms with E-state index in [0.717, 1.165) is 52.1 Å². The van der Waals surface area contributed by atoms with E-state index in [-0.39, 0.29) is 12.1 Å². The highest BCUT2D eigenvalue weighted by Gasteiger charge is 2.27. The second-order valence-corrected chi connectivity index (χ2v) is 7.18. The Morgan fingerprint density at radius 2 is 2.15 bits per heavy atom. The molecule has 0 saturated carbocycles. The van der Waals surface area contributed by atoms with Gasteiger partial charge in [-0.25, -0.2) is 4.79 Å². The van der Waals surface area contributed by atoms with Gasteiger partial charge in [-0.2, -0.15) is 10.2 Å². The van der Waals surface area contributed by atoms with Gasteiger partial charge in [-0.15, -0.1) is 0 Å². The Bertz CT molecular complexity index is 746. The van der Waals surface area contributed by atoms with Gasteiger partial charge in [0.05, 0.1) is 17.9 Å². The van der Waals surface area contributed by atoms with Crippen LogP contribution >= 0.6 is 0 Å². The minimum Gasteiger partial charge on any atom is -0.336 e. The molecule has 4 rings (SSSR count). The molecule has 2 aromatic heterocycles. The van der Waals surface area contributed by atoms with Crippen LogP contribution in [0.4, 0.5) is 4.79 Å². The van der Waals surface area contributed by atoms with E-state index in [1.165, 1.54) is 11.3 Å². The van der Waals surface area contributed by atoms with Gasteiger partial charge in [0.1, 0.15) is 0 Å². The fourth-order valence-corrected chi connectivity index (χ4v) is 3.89. The maximum absolute atomic E-state index is 12.3. The van der Waals surface area contributed by atoms with Crippen LogP contribution in [0.25, 0.3) is 0 Å². The predicted molar refractivity (Wildman–Crippen MR) is 97.5 cm³/mol. The lowest BCUT2D eigenvalue weighted by molar-refractivity contribution is 0.161. The number of rotatable bonds is 5. The summed E-state index contributed by atoms with van der Waals surface area (Å²) in [5.74, 6) is 0. The smallest absolute Gasteiger partial charge is 0.317 e. The van der Waals surface area contributed by atoms with Crippen LogP contribution in [0, 0.1) is 0 Å². The molecule has 8 heteroatoms. The SMILES string of the molecule is CCn1cc(CN2Cc3ccnn3[C@H](CNC(=O)N3CCCC3)C2)cn1. The van der Waals surface area contributed by atoms with E-state index in [4.69, 9.17) is 0 Å². The number of fused-ring (bicyclic) bond motifs is 1. The van der Waals surface area contributed by atoms with E-state index in [0.29, 0.717) is 6.54 Å². The summed E-state index contributed by atoms with van der Waals surface area (Å²) in [6.07, 6.45) is 8.12. The molecule has 0 spiro atoms. The van der Waals surface area contributed by atoms with E-state index in [1.54, 1.807) is 0 Å².